The van der Waals surface area contributed by atoms with Crippen molar-refractivity contribution < 1.29 is 23.9 Å². The first-order valence-corrected chi connectivity index (χ1v) is 7.13. The second-order valence-electron chi connectivity index (χ2n) is 6.29. The van der Waals surface area contributed by atoms with Crippen molar-refractivity contribution >= 4 is 17.3 Å². The van der Waals surface area contributed by atoms with Gasteiger partial charge in [-0.15, -0.1) is 0 Å². The van der Waals surface area contributed by atoms with Crippen LogP contribution in [0.1, 0.15) is 52.9 Å². The van der Waals surface area contributed by atoms with Gasteiger partial charge in [-0.2, -0.15) is 0 Å². The Labute approximate surface area is 119 Å². The summed E-state index contributed by atoms with van der Waals surface area (Å²) >= 11 is 0. The number of hydrogen-bond donors (Lipinski definition) is 0. The molecule has 0 aromatic heterocycles. The van der Waals surface area contributed by atoms with Gasteiger partial charge in [0, 0.05) is 19.3 Å². The monoisotopic (exact) mass is 282 g/mol. The van der Waals surface area contributed by atoms with Gasteiger partial charge in [0.15, 0.2) is 5.79 Å². The van der Waals surface area contributed by atoms with Gasteiger partial charge < -0.3 is 14.3 Å². The Hall–Kier alpha value is -1.07. The van der Waals surface area contributed by atoms with Crippen LogP contribution in [0.2, 0.25) is 0 Å². The van der Waals surface area contributed by atoms with E-state index in [0.29, 0.717) is 19.4 Å². The first kappa shape index (κ1) is 15.3. The number of Topliss-reactive ketones (excluding diaryl/α,β-unsaturated/α-hetero) is 3. The normalized spacial score (nSPS) is 28.1. The lowest BCUT2D eigenvalue weighted by molar-refractivity contribution is -0.150. The summed E-state index contributed by atoms with van der Waals surface area (Å²) in [5, 5.41) is 0. The molecule has 5 nitrogen and oxygen atoms in total. The Morgan fingerprint density at radius 2 is 1.85 bits per heavy atom. The average Bonchev–Trinajstić information content (AvgIpc) is 2.82. The van der Waals surface area contributed by atoms with Crippen LogP contribution in [0.25, 0.3) is 0 Å². The maximum atomic E-state index is 12.2. The summed E-state index contributed by atoms with van der Waals surface area (Å²) in [5.74, 6) is -0.758. The number of rotatable bonds is 5. The molecule has 1 heterocycles. The first-order chi connectivity index (χ1) is 9.25. The lowest BCUT2D eigenvalue weighted by Gasteiger charge is -2.28. The third kappa shape index (κ3) is 2.99. The van der Waals surface area contributed by atoms with Gasteiger partial charge in [-0.1, -0.05) is 0 Å². The Kier molecular flexibility index (Phi) is 4.12. The fourth-order valence-electron chi connectivity index (χ4n) is 3.11. The smallest absolute Gasteiger partial charge is 0.163 e. The van der Waals surface area contributed by atoms with Crippen molar-refractivity contribution in [1.82, 2.24) is 0 Å². The highest BCUT2D eigenvalue weighted by Gasteiger charge is 2.51. The van der Waals surface area contributed by atoms with E-state index in [0.717, 1.165) is 0 Å². The summed E-state index contributed by atoms with van der Waals surface area (Å²) < 4.78 is 11.2. The van der Waals surface area contributed by atoms with Gasteiger partial charge in [0.05, 0.1) is 18.1 Å². The Bertz CT molecular complexity index is 422. The molecule has 1 saturated heterocycles. The number of ether oxygens (including phenoxy) is 2. The molecule has 0 N–H and O–H groups in total. The van der Waals surface area contributed by atoms with Crippen LogP contribution in [-0.4, -0.2) is 35.8 Å². The second-order valence-corrected chi connectivity index (χ2v) is 6.29. The third-order valence-electron chi connectivity index (χ3n) is 4.19. The van der Waals surface area contributed by atoms with E-state index in [-0.39, 0.29) is 42.7 Å². The van der Waals surface area contributed by atoms with Gasteiger partial charge in [-0.05, 0) is 33.6 Å². The standard InChI is InChI=1S/C15H22O5/c1-10(16)6-7-15(12(17)4-5-13(15)18)8-11-9-19-14(2,3)20-11/h11H,4-9H2,1-3H3/t11-/m0/s1. The molecule has 1 aliphatic heterocycles. The Morgan fingerprint density at radius 1 is 1.25 bits per heavy atom. The molecular weight excluding hydrogens is 260 g/mol. The molecule has 0 aromatic rings. The van der Waals surface area contributed by atoms with Crippen LogP contribution in [0.4, 0.5) is 0 Å². The van der Waals surface area contributed by atoms with Crippen LogP contribution in [0, 0.1) is 5.41 Å². The molecule has 0 radical (unpaired) electrons. The number of hydrogen-bond acceptors (Lipinski definition) is 5. The molecule has 0 spiro atoms. The van der Waals surface area contributed by atoms with E-state index >= 15 is 0 Å². The van der Waals surface area contributed by atoms with Gasteiger partial charge in [-0.3, -0.25) is 9.59 Å². The molecule has 20 heavy (non-hydrogen) atoms. The van der Waals surface area contributed by atoms with Crippen LogP contribution in [-0.2, 0) is 23.9 Å². The molecule has 0 aromatic carbocycles. The van der Waals surface area contributed by atoms with Crippen LogP contribution in [0.15, 0.2) is 0 Å². The van der Waals surface area contributed by atoms with E-state index in [1.54, 1.807) is 0 Å². The van der Waals surface area contributed by atoms with E-state index in [4.69, 9.17) is 9.47 Å². The van der Waals surface area contributed by atoms with Crippen LogP contribution in [0.5, 0.6) is 0 Å². The summed E-state index contributed by atoms with van der Waals surface area (Å²) in [6, 6.07) is 0. The molecule has 5 heteroatoms. The summed E-state index contributed by atoms with van der Waals surface area (Å²) in [6.07, 6.45) is 1.21. The molecule has 1 atom stereocenters. The lowest BCUT2D eigenvalue weighted by atomic mass is 9.75. The van der Waals surface area contributed by atoms with Gasteiger partial charge in [0.25, 0.3) is 0 Å². The molecule has 2 rings (SSSR count). The SMILES string of the molecule is CC(=O)CCC1(C[C@H]2COC(C)(C)O2)C(=O)CCC1=O. The van der Waals surface area contributed by atoms with Crippen molar-refractivity contribution in [3.05, 3.63) is 0 Å². The fraction of sp³-hybridized carbons (Fsp3) is 0.800. The van der Waals surface area contributed by atoms with Crippen molar-refractivity contribution in [3.8, 4) is 0 Å². The van der Waals surface area contributed by atoms with Gasteiger partial charge >= 0.3 is 0 Å². The molecule has 0 unspecified atom stereocenters. The number of carbonyl (C=O) groups is 3. The average molecular weight is 282 g/mol. The van der Waals surface area contributed by atoms with Crippen molar-refractivity contribution in [2.45, 2.75) is 64.8 Å². The van der Waals surface area contributed by atoms with Gasteiger partial charge in [0.2, 0.25) is 0 Å². The van der Waals surface area contributed by atoms with Crippen LogP contribution in [0.3, 0.4) is 0 Å². The zero-order chi connectivity index (χ0) is 15.0. The molecule has 1 saturated carbocycles. The van der Waals surface area contributed by atoms with E-state index in [1.165, 1.54) is 6.92 Å². The number of carbonyl (C=O) groups excluding carboxylic acids is 3. The van der Waals surface area contributed by atoms with Gasteiger partial charge in [-0.25, -0.2) is 0 Å². The Morgan fingerprint density at radius 3 is 2.30 bits per heavy atom. The third-order valence-corrected chi connectivity index (χ3v) is 4.19. The highest BCUT2D eigenvalue weighted by Crippen LogP contribution is 2.42. The largest absolute Gasteiger partial charge is 0.348 e. The minimum Gasteiger partial charge on any atom is -0.348 e. The highest BCUT2D eigenvalue weighted by molar-refractivity contribution is 6.13. The Balaban J connectivity index is 2.13. The minimum atomic E-state index is -1.03. The van der Waals surface area contributed by atoms with E-state index < -0.39 is 11.2 Å². The molecule has 112 valence electrons. The zero-order valence-electron chi connectivity index (χ0n) is 12.4. The minimum absolute atomic E-state index is 0.000736. The molecular formula is C15H22O5. The fourth-order valence-corrected chi connectivity index (χ4v) is 3.11. The summed E-state index contributed by atoms with van der Waals surface area (Å²) in [7, 11) is 0. The molecule has 2 aliphatic rings. The summed E-state index contributed by atoms with van der Waals surface area (Å²) in [5.41, 5.74) is -1.03. The maximum Gasteiger partial charge on any atom is 0.163 e. The van der Waals surface area contributed by atoms with Gasteiger partial charge in [0.1, 0.15) is 17.3 Å². The highest BCUT2D eigenvalue weighted by atomic mass is 16.7. The van der Waals surface area contributed by atoms with Crippen molar-refractivity contribution in [2.24, 2.45) is 5.41 Å². The maximum absolute atomic E-state index is 12.2. The van der Waals surface area contributed by atoms with E-state index in [2.05, 4.69) is 0 Å². The van der Waals surface area contributed by atoms with Crippen LogP contribution < -0.4 is 0 Å². The molecule has 1 aliphatic carbocycles. The predicted molar refractivity (Wildman–Crippen MR) is 71.1 cm³/mol. The van der Waals surface area contributed by atoms with E-state index in [1.807, 2.05) is 13.8 Å². The lowest BCUT2D eigenvalue weighted by Crippen LogP contribution is -2.38. The molecule has 0 amide bonds. The summed E-state index contributed by atoms with van der Waals surface area (Å²) in [6.45, 7) is 5.49. The summed E-state index contributed by atoms with van der Waals surface area (Å²) in [4.78, 5) is 35.7. The van der Waals surface area contributed by atoms with E-state index in [9.17, 15) is 14.4 Å². The van der Waals surface area contributed by atoms with Crippen molar-refractivity contribution in [3.63, 3.8) is 0 Å². The van der Waals surface area contributed by atoms with Crippen LogP contribution >= 0.6 is 0 Å². The number of ketones is 3. The zero-order valence-corrected chi connectivity index (χ0v) is 12.4. The quantitative estimate of drug-likeness (QED) is 0.719. The first-order valence-electron chi connectivity index (χ1n) is 7.13. The second kappa shape index (κ2) is 5.37. The topological polar surface area (TPSA) is 69.7 Å². The molecule has 0 bridgehead atoms. The van der Waals surface area contributed by atoms with Crippen molar-refractivity contribution in [2.75, 3.05) is 6.61 Å². The molecule has 2 fully saturated rings. The predicted octanol–water partition coefficient (Wildman–Crippen LogP) is 1.82. The van der Waals surface area contributed by atoms with Crippen molar-refractivity contribution in [1.29, 1.82) is 0 Å².